The van der Waals surface area contributed by atoms with Crippen LogP contribution in [0.4, 0.5) is 19.0 Å². The fourth-order valence-electron chi connectivity index (χ4n) is 4.69. The van der Waals surface area contributed by atoms with Gasteiger partial charge in [-0.25, -0.2) is 9.50 Å². The van der Waals surface area contributed by atoms with Gasteiger partial charge in [0.25, 0.3) is 11.8 Å². The third kappa shape index (κ3) is 4.85. The molecule has 0 spiro atoms. The van der Waals surface area contributed by atoms with Crippen molar-refractivity contribution in [3.8, 4) is 17.0 Å². The van der Waals surface area contributed by atoms with Crippen LogP contribution in [0.25, 0.3) is 16.9 Å². The number of nitrogen functional groups attached to an aromatic ring is 1. The Morgan fingerprint density at radius 1 is 1.32 bits per heavy atom. The fourth-order valence-corrected chi connectivity index (χ4v) is 4.69. The molecule has 2 atom stereocenters. The molecule has 3 heterocycles. The number of nitrogens with zero attached hydrogens (tertiary/aromatic N) is 4. The lowest BCUT2D eigenvalue weighted by Crippen LogP contribution is -2.35. The van der Waals surface area contributed by atoms with E-state index in [9.17, 15) is 27.9 Å². The fraction of sp³-hybridized carbons (Fsp3) is 0.440. The van der Waals surface area contributed by atoms with Gasteiger partial charge in [-0.05, 0) is 56.4 Å². The molecule has 3 aromatic rings. The molecule has 1 aliphatic heterocycles. The van der Waals surface area contributed by atoms with Gasteiger partial charge < -0.3 is 25.8 Å². The molecule has 2 aliphatic rings. The van der Waals surface area contributed by atoms with Gasteiger partial charge in [0.05, 0.1) is 17.9 Å². The smallest absolute Gasteiger partial charge is 0.422 e. The molecule has 1 saturated carbocycles. The molecule has 1 aliphatic carbocycles. The summed E-state index contributed by atoms with van der Waals surface area (Å²) in [5.41, 5.74) is 7.49. The van der Waals surface area contributed by atoms with E-state index >= 15 is 0 Å². The van der Waals surface area contributed by atoms with Crippen LogP contribution in [0.2, 0.25) is 0 Å². The first kappa shape index (κ1) is 25.8. The topological polar surface area (TPSA) is 135 Å². The molecule has 10 nitrogen and oxygen atoms in total. The maximum atomic E-state index is 13.2. The number of hydrogen-bond acceptors (Lipinski definition) is 7. The third-order valence-electron chi connectivity index (χ3n) is 6.87. The predicted molar refractivity (Wildman–Crippen MR) is 130 cm³/mol. The van der Waals surface area contributed by atoms with E-state index in [-0.39, 0.29) is 53.4 Å². The van der Waals surface area contributed by atoms with Gasteiger partial charge in [0.1, 0.15) is 11.3 Å². The van der Waals surface area contributed by atoms with Gasteiger partial charge in [-0.15, -0.1) is 5.10 Å². The highest BCUT2D eigenvalue weighted by Crippen LogP contribution is 2.42. The molecule has 0 saturated heterocycles. The Hall–Kier alpha value is -3.87. The molecule has 0 radical (unpaired) electrons. The summed E-state index contributed by atoms with van der Waals surface area (Å²) in [5.74, 6) is -0.804. The number of nitrogens with one attached hydrogen (secondary N) is 1. The molecule has 13 heteroatoms. The number of amides is 2. The Bertz CT molecular complexity index is 1420. The molecular formula is C25H27F3N6O4. The first-order chi connectivity index (χ1) is 18.0. The number of carbonyl (C=O) groups is 2. The first-order valence-corrected chi connectivity index (χ1v) is 12.2. The Kier molecular flexibility index (Phi) is 6.41. The normalized spacial score (nSPS) is 17.0. The van der Waals surface area contributed by atoms with Crippen molar-refractivity contribution in [2.24, 2.45) is 5.92 Å². The van der Waals surface area contributed by atoms with Gasteiger partial charge in [0, 0.05) is 30.4 Å². The largest absolute Gasteiger partial charge is 0.483 e. The number of carbonyl (C=O) groups excluding carboxylic acids is 2. The zero-order valence-corrected chi connectivity index (χ0v) is 20.7. The number of aliphatic hydroxyl groups excluding tert-OH is 1. The van der Waals surface area contributed by atoms with E-state index in [0.717, 1.165) is 12.8 Å². The SMILES string of the molecule is C[C@H](CO)NC(=O)c1c(N)nn2ccc(-c3cc4c(c(OCC(F)(F)F)c3)C(=O)N([C@@H](C)C3CC3)C4)nc12. The summed E-state index contributed by atoms with van der Waals surface area (Å²) in [6.45, 7) is 1.97. The van der Waals surface area contributed by atoms with Gasteiger partial charge in [-0.3, -0.25) is 9.59 Å². The number of rotatable bonds is 8. The van der Waals surface area contributed by atoms with Crippen molar-refractivity contribution >= 4 is 23.3 Å². The minimum Gasteiger partial charge on any atom is -0.483 e. The van der Waals surface area contributed by atoms with Crippen LogP contribution < -0.4 is 15.8 Å². The summed E-state index contributed by atoms with van der Waals surface area (Å²) in [5, 5.41) is 16.0. The van der Waals surface area contributed by atoms with E-state index < -0.39 is 24.7 Å². The predicted octanol–water partition coefficient (Wildman–Crippen LogP) is 2.78. The average molecular weight is 533 g/mol. The van der Waals surface area contributed by atoms with Gasteiger partial charge in [-0.2, -0.15) is 13.2 Å². The molecule has 5 rings (SSSR count). The lowest BCUT2D eigenvalue weighted by Gasteiger charge is -2.24. The number of alkyl halides is 3. The van der Waals surface area contributed by atoms with Crippen LogP contribution in [0.1, 0.15) is 53.0 Å². The Morgan fingerprint density at radius 2 is 2.05 bits per heavy atom. The molecule has 1 aromatic carbocycles. The molecule has 202 valence electrons. The quantitative estimate of drug-likeness (QED) is 0.406. The number of nitrogens with two attached hydrogens (primary N) is 1. The molecule has 0 bridgehead atoms. The maximum Gasteiger partial charge on any atom is 0.422 e. The van der Waals surface area contributed by atoms with Crippen LogP contribution in [0, 0.1) is 5.92 Å². The highest BCUT2D eigenvalue weighted by molar-refractivity contribution is 6.04. The highest BCUT2D eigenvalue weighted by atomic mass is 19.4. The zero-order chi connectivity index (χ0) is 27.4. The van der Waals surface area contributed by atoms with E-state index in [0.29, 0.717) is 22.7 Å². The summed E-state index contributed by atoms with van der Waals surface area (Å²) in [4.78, 5) is 32.2. The minimum atomic E-state index is -4.59. The summed E-state index contributed by atoms with van der Waals surface area (Å²) < 4.78 is 45.6. The van der Waals surface area contributed by atoms with Gasteiger partial charge >= 0.3 is 6.18 Å². The monoisotopic (exact) mass is 532 g/mol. The Balaban J connectivity index is 1.57. The summed E-state index contributed by atoms with van der Waals surface area (Å²) >= 11 is 0. The average Bonchev–Trinajstić information content (AvgIpc) is 3.58. The second kappa shape index (κ2) is 9.46. The van der Waals surface area contributed by atoms with Crippen molar-refractivity contribution in [2.45, 2.75) is 51.5 Å². The van der Waals surface area contributed by atoms with Crippen molar-refractivity contribution in [3.05, 3.63) is 41.1 Å². The van der Waals surface area contributed by atoms with E-state index in [1.807, 2.05) is 6.92 Å². The van der Waals surface area contributed by atoms with Crippen LogP contribution in [0.5, 0.6) is 5.75 Å². The molecular weight excluding hydrogens is 505 g/mol. The minimum absolute atomic E-state index is 0.00136. The Morgan fingerprint density at radius 3 is 2.71 bits per heavy atom. The Labute approximate surface area is 215 Å². The molecule has 2 amide bonds. The molecule has 38 heavy (non-hydrogen) atoms. The van der Waals surface area contributed by atoms with Crippen LogP contribution in [-0.2, 0) is 6.54 Å². The van der Waals surface area contributed by atoms with Crippen LogP contribution >= 0.6 is 0 Å². The third-order valence-corrected chi connectivity index (χ3v) is 6.87. The van der Waals surface area contributed by atoms with Crippen molar-refractivity contribution in [1.29, 1.82) is 0 Å². The number of ether oxygens (including phenoxy) is 1. The summed E-state index contributed by atoms with van der Waals surface area (Å²) in [6.07, 6.45) is -1.05. The maximum absolute atomic E-state index is 13.2. The zero-order valence-electron chi connectivity index (χ0n) is 20.7. The van der Waals surface area contributed by atoms with Crippen molar-refractivity contribution in [1.82, 2.24) is 24.8 Å². The molecule has 4 N–H and O–H groups in total. The van der Waals surface area contributed by atoms with Crippen LogP contribution in [-0.4, -0.2) is 67.9 Å². The second-order valence-corrected chi connectivity index (χ2v) is 9.82. The number of aromatic nitrogens is 3. The number of benzene rings is 1. The van der Waals surface area contributed by atoms with E-state index in [1.54, 1.807) is 24.0 Å². The van der Waals surface area contributed by atoms with Gasteiger partial charge in [-0.1, -0.05) is 0 Å². The summed E-state index contributed by atoms with van der Waals surface area (Å²) in [7, 11) is 0. The van der Waals surface area contributed by atoms with Crippen molar-refractivity contribution in [2.75, 3.05) is 18.9 Å². The number of halogens is 3. The lowest BCUT2D eigenvalue weighted by molar-refractivity contribution is -0.153. The van der Waals surface area contributed by atoms with E-state index in [4.69, 9.17) is 10.5 Å². The van der Waals surface area contributed by atoms with Crippen LogP contribution in [0.3, 0.4) is 0 Å². The van der Waals surface area contributed by atoms with E-state index in [2.05, 4.69) is 15.4 Å². The molecule has 2 aromatic heterocycles. The van der Waals surface area contributed by atoms with E-state index in [1.165, 1.54) is 16.8 Å². The van der Waals surface area contributed by atoms with Gasteiger partial charge in [0.2, 0.25) is 0 Å². The number of hydrogen-bond donors (Lipinski definition) is 3. The standard InChI is InChI=1S/C25H27F3N6O4/c1-12(10-35)30-23(36)20-21(29)32-34-6-5-17(31-22(20)34)15-7-16-9-33(13(2)14-3-4-14)24(37)19(16)18(8-15)38-11-25(26,27)28/h5-8,12-14,35H,3-4,9-11H2,1-2H3,(H2,29,32)(H,30,36)/t12-,13+/m1/s1. The first-order valence-electron chi connectivity index (χ1n) is 12.2. The number of anilines is 1. The number of aliphatic hydroxyl groups is 1. The molecule has 1 fully saturated rings. The summed E-state index contributed by atoms with van der Waals surface area (Å²) in [6, 6.07) is 4.07. The van der Waals surface area contributed by atoms with Crippen molar-refractivity contribution in [3.63, 3.8) is 0 Å². The lowest BCUT2D eigenvalue weighted by atomic mass is 10.0. The van der Waals surface area contributed by atoms with Crippen molar-refractivity contribution < 1.29 is 32.6 Å². The van der Waals surface area contributed by atoms with Gasteiger partial charge in [0.15, 0.2) is 18.1 Å². The highest BCUT2D eigenvalue weighted by Gasteiger charge is 2.41. The second-order valence-electron chi connectivity index (χ2n) is 9.82. The van der Waals surface area contributed by atoms with Crippen LogP contribution in [0.15, 0.2) is 24.4 Å². The molecule has 0 unspecified atom stereocenters. The number of fused-ring (bicyclic) bond motifs is 2.